The number of ether oxygens (including phenoxy) is 1. The van der Waals surface area contributed by atoms with Crippen LogP contribution in [0.4, 0.5) is 4.79 Å². The molecule has 0 bridgehead atoms. The summed E-state index contributed by atoms with van der Waals surface area (Å²) in [4.78, 5) is 37.8. The van der Waals surface area contributed by atoms with Crippen molar-refractivity contribution in [3.8, 4) is 11.1 Å². The number of carbonyl (C=O) groups is 3. The molecule has 33 heavy (non-hydrogen) atoms. The summed E-state index contributed by atoms with van der Waals surface area (Å²) in [5.74, 6) is -1.78. The number of carbonyl (C=O) groups excluding carboxylic acids is 2. The van der Waals surface area contributed by atoms with E-state index in [2.05, 4.69) is 17.4 Å². The van der Waals surface area contributed by atoms with E-state index in [1.165, 1.54) is 4.90 Å². The number of carboxylic acids is 1. The SMILES string of the molecule is CC(C)C[C@H](NC(=O)OCC1c2ccccc2-c2ccccc21)C(=O)N1CC(O)(C(=O)O)C1. The van der Waals surface area contributed by atoms with Crippen molar-refractivity contribution in [2.24, 2.45) is 5.92 Å². The van der Waals surface area contributed by atoms with Gasteiger partial charge in [-0.3, -0.25) is 4.79 Å². The molecule has 0 saturated carbocycles. The number of nitrogens with zero attached hydrogens (tertiary/aromatic N) is 1. The van der Waals surface area contributed by atoms with E-state index >= 15 is 0 Å². The summed E-state index contributed by atoms with van der Waals surface area (Å²) in [6.07, 6.45) is -0.338. The number of amides is 2. The minimum atomic E-state index is -1.93. The van der Waals surface area contributed by atoms with Crippen LogP contribution in [0.25, 0.3) is 11.1 Å². The average Bonchev–Trinajstić information content (AvgIpc) is 3.08. The van der Waals surface area contributed by atoms with Crippen molar-refractivity contribution in [3.05, 3.63) is 59.7 Å². The summed E-state index contributed by atoms with van der Waals surface area (Å²) in [5, 5.41) is 21.6. The number of fused-ring (bicyclic) bond motifs is 3. The number of aliphatic hydroxyl groups is 1. The molecule has 0 spiro atoms. The van der Waals surface area contributed by atoms with Crippen molar-refractivity contribution in [2.45, 2.75) is 37.8 Å². The number of aliphatic carboxylic acids is 1. The van der Waals surface area contributed by atoms with E-state index in [1.807, 2.05) is 50.2 Å². The maximum atomic E-state index is 12.8. The Kier molecular flexibility index (Phi) is 6.12. The molecule has 0 radical (unpaired) electrons. The van der Waals surface area contributed by atoms with Gasteiger partial charge in [-0.15, -0.1) is 0 Å². The summed E-state index contributed by atoms with van der Waals surface area (Å²) in [6.45, 7) is 3.36. The molecule has 1 atom stereocenters. The molecule has 1 saturated heterocycles. The van der Waals surface area contributed by atoms with Crippen molar-refractivity contribution in [2.75, 3.05) is 19.7 Å². The number of hydrogen-bond donors (Lipinski definition) is 3. The first-order chi connectivity index (χ1) is 15.7. The molecule has 8 heteroatoms. The third-order valence-electron chi connectivity index (χ3n) is 6.26. The average molecular weight is 453 g/mol. The van der Waals surface area contributed by atoms with Gasteiger partial charge in [0.25, 0.3) is 0 Å². The van der Waals surface area contributed by atoms with Crippen LogP contribution in [0, 0.1) is 5.92 Å². The zero-order valence-electron chi connectivity index (χ0n) is 18.7. The van der Waals surface area contributed by atoms with Gasteiger partial charge >= 0.3 is 12.1 Å². The van der Waals surface area contributed by atoms with E-state index in [0.29, 0.717) is 6.42 Å². The molecule has 2 aromatic carbocycles. The van der Waals surface area contributed by atoms with E-state index in [9.17, 15) is 19.5 Å². The number of carboxylic acid groups (broad SMARTS) is 1. The van der Waals surface area contributed by atoms with Crippen LogP contribution in [0.3, 0.4) is 0 Å². The summed E-state index contributed by atoms with van der Waals surface area (Å²) in [5.41, 5.74) is 2.50. The second-order valence-corrected chi connectivity index (χ2v) is 9.18. The van der Waals surface area contributed by atoms with Crippen LogP contribution in [0.1, 0.15) is 37.3 Å². The van der Waals surface area contributed by atoms with E-state index < -0.39 is 29.6 Å². The largest absolute Gasteiger partial charge is 0.479 e. The van der Waals surface area contributed by atoms with Crippen molar-refractivity contribution in [1.82, 2.24) is 10.2 Å². The van der Waals surface area contributed by atoms with Gasteiger partial charge in [0, 0.05) is 5.92 Å². The van der Waals surface area contributed by atoms with Gasteiger partial charge in [-0.25, -0.2) is 9.59 Å². The minimum Gasteiger partial charge on any atom is -0.479 e. The molecule has 174 valence electrons. The fourth-order valence-corrected chi connectivity index (χ4v) is 4.57. The molecular formula is C25H28N2O6. The van der Waals surface area contributed by atoms with Crippen molar-refractivity contribution >= 4 is 18.0 Å². The van der Waals surface area contributed by atoms with Gasteiger partial charge in [0.1, 0.15) is 12.6 Å². The van der Waals surface area contributed by atoms with Gasteiger partial charge in [-0.2, -0.15) is 0 Å². The molecule has 8 nitrogen and oxygen atoms in total. The lowest BCUT2D eigenvalue weighted by Gasteiger charge is -2.44. The molecule has 0 aromatic heterocycles. The lowest BCUT2D eigenvalue weighted by molar-refractivity contribution is -0.182. The van der Waals surface area contributed by atoms with Crippen LogP contribution in [-0.4, -0.2) is 64.4 Å². The molecule has 1 aliphatic heterocycles. The maximum absolute atomic E-state index is 12.8. The Morgan fingerprint density at radius 1 is 1.06 bits per heavy atom. The van der Waals surface area contributed by atoms with Gasteiger partial charge in [-0.05, 0) is 34.6 Å². The summed E-state index contributed by atoms with van der Waals surface area (Å²) in [7, 11) is 0. The minimum absolute atomic E-state index is 0.0941. The lowest BCUT2D eigenvalue weighted by Crippen LogP contribution is -2.69. The Morgan fingerprint density at radius 2 is 1.61 bits per heavy atom. The van der Waals surface area contributed by atoms with E-state index in [4.69, 9.17) is 9.84 Å². The fourth-order valence-electron chi connectivity index (χ4n) is 4.57. The van der Waals surface area contributed by atoms with E-state index in [1.54, 1.807) is 0 Å². The fraction of sp³-hybridized carbons (Fsp3) is 0.400. The van der Waals surface area contributed by atoms with E-state index in [-0.39, 0.29) is 31.5 Å². The quantitative estimate of drug-likeness (QED) is 0.595. The van der Waals surface area contributed by atoms with Crippen LogP contribution in [0.2, 0.25) is 0 Å². The molecule has 1 aliphatic carbocycles. The molecule has 1 fully saturated rings. The number of hydrogen-bond acceptors (Lipinski definition) is 5. The smallest absolute Gasteiger partial charge is 0.407 e. The zero-order chi connectivity index (χ0) is 23.8. The molecule has 2 aromatic rings. The number of alkyl carbamates (subject to hydrolysis) is 1. The predicted octanol–water partition coefficient (Wildman–Crippen LogP) is 2.60. The molecule has 3 N–H and O–H groups in total. The summed E-state index contributed by atoms with van der Waals surface area (Å²) >= 11 is 0. The normalized spacial score (nSPS) is 17.0. The highest BCUT2D eigenvalue weighted by Crippen LogP contribution is 2.44. The van der Waals surface area contributed by atoms with Crippen LogP contribution in [0.15, 0.2) is 48.5 Å². The number of rotatable bonds is 7. The third-order valence-corrected chi connectivity index (χ3v) is 6.26. The maximum Gasteiger partial charge on any atom is 0.407 e. The molecule has 2 amide bonds. The first-order valence-corrected chi connectivity index (χ1v) is 11.1. The van der Waals surface area contributed by atoms with E-state index in [0.717, 1.165) is 22.3 Å². The number of likely N-dealkylation sites (tertiary alicyclic amines) is 1. The van der Waals surface area contributed by atoms with Gasteiger partial charge in [0.05, 0.1) is 13.1 Å². The number of benzene rings is 2. The molecule has 4 rings (SSSR count). The van der Waals surface area contributed by atoms with Gasteiger partial charge < -0.3 is 25.2 Å². The Morgan fingerprint density at radius 3 is 2.12 bits per heavy atom. The molecule has 2 aliphatic rings. The predicted molar refractivity (Wildman–Crippen MR) is 121 cm³/mol. The second kappa shape index (κ2) is 8.86. The van der Waals surface area contributed by atoms with Gasteiger partial charge in [0.15, 0.2) is 5.60 Å². The van der Waals surface area contributed by atoms with Crippen LogP contribution < -0.4 is 5.32 Å². The second-order valence-electron chi connectivity index (χ2n) is 9.18. The van der Waals surface area contributed by atoms with Gasteiger partial charge in [-0.1, -0.05) is 62.4 Å². The highest BCUT2D eigenvalue weighted by atomic mass is 16.5. The molecule has 1 heterocycles. The first-order valence-electron chi connectivity index (χ1n) is 11.1. The number of nitrogens with one attached hydrogen (secondary N) is 1. The highest BCUT2D eigenvalue weighted by molar-refractivity contribution is 5.89. The molecule has 0 unspecified atom stereocenters. The van der Waals surface area contributed by atoms with Crippen molar-refractivity contribution in [3.63, 3.8) is 0 Å². The van der Waals surface area contributed by atoms with Crippen LogP contribution in [0.5, 0.6) is 0 Å². The molecular weight excluding hydrogens is 424 g/mol. The van der Waals surface area contributed by atoms with Crippen molar-refractivity contribution in [1.29, 1.82) is 0 Å². The summed E-state index contributed by atoms with van der Waals surface area (Å²) < 4.78 is 5.55. The summed E-state index contributed by atoms with van der Waals surface area (Å²) in [6, 6.07) is 15.2. The Hall–Kier alpha value is -3.39. The standard InChI is InChI=1S/C25H28N2O6/c1-15(2)11-21(22(28)27-13-25(32,14-27)23(29)30)26-24(31)33-12-20-18-9-5-3-7-16(18)17-8-4-6-10-19(17)20/h3-10,15,20-21,32H,11-14H2,1-2H3,(H,26,31)(H,29,30)/t21-/m0/s1. The Labute approximate surface area is 192 Å². The van der Waals surface area contributed by atoms with Crippen LogP contribution in [-0.2, 0) is 14.3 Å². The zero-order valence-corrected chi connectivity index (χ0v) is 18.7. The Balaban J connectivity index is 1.40. The Bertz CT molecular complexity index is 1030. The van der Waals surface area contributed by atoms with Crippen LogP contribution >= 0.6 is 0 Å². The topological polar surface area (TPSA) is 116 Å². The monoisotopic (exact) mass is 452 g/mol. The first kappa shape index (κ1) is 22.8. The lowest BCUT2D eigenvalue weighted by atomic mass is 9.92. The highest BCUT2D eigenvalue weighted by Gasteiger charge is 2.51. The van der Waals surface area contributed by atoms with Crippen molar-refractivity contribution < 1.29 is 29.3 Å². The van der Waals surface area contributed by atoms with Gasteiger partial charge in [0.2, 0.25) is 5.91 Å². The number of β-amino-alcohol motifs (C(OH)–C–C–N with tert-alkyl or cyclic N) is 1. The third kappa shape index (κ3) is 4.43.